The number of hydrogen-bond acceptors (Lipinski definition) is 7. The average molecular weight is 454 g/mol. The third-order valence-electron chi connectivity index (χ3n) is 5.15. The van der Waals surface area contributed by atoms with E-state index in [0.717, 1.165) is 0 Å². The normalized spacial score (nSPS) is 13.4. The number of Topliss-reactive ketones (excluding diaryl/α,β-unsaturated/α-hetero) is 1. The molecule has 1 atom stereocenters. The monoisotopic (exact) mass is 454 g/mol. The standard InChI is InChI=1S/C24H26N2O7/c1-4-32-23(29)12-10-19(27)16-9-11-21-18(13-16)26(22(28)14-33-21)15(2)24(30)25-17-7-5-6-8-20(17)31-3/h5-9,11,13,15H,4,10,12,14H2,1-3H3,(H,25,30). The fourth-order valence-electron chi connectivity index (χ4n) is 3.46. The van der Waals surface area contributed by atoms with E-state index in [-0.39, 0.29) is 31.8 Å². The second-order valence-corrected chi connectivity index (χ2v) is 7.33. The molecule has 0 saturated carbocycles. The van der Waals surface area contributed by atoms with Crippen molar-refractivity contribution < 1.29 is 33.4 Å². The summed E-state index contributed by atoms with van der Waals surface area (Å²) in [5.41, 5.74) is 1.09. The van der Waals surface area contributed by atoms with Crippen molar-refractivity contribution in [2.45, 2.75) is 32.7 Å². The lowest BCUT2D eigenvalue weighted by Crippen LogP contribution is -2.49. The Kier molecular flexibility index (Phi) is 7.66. The van der Waals surface area contributed by atoms with Crippen LogP contribution >= 0.6 is 0 Å². The molecule has 9 heteroatoms. The Morgan fingerprint density at radius 1 is 1.15 bits per heavy atom. The highest BCUT2D eigenvalue weighted by Gasteiger charge is 2.34. The first-order chi connectivity index (χ1) is 15.8. The van der Waals surface area contributed by atoms with Crippen LogP contribution in [0.2, 0.25) is 0 Å². The molecule has 0 radical (unpaired) electrons. The van der Waals surface area contributed by atoms with Crippen molar-refractivity contribution in [3.8, 4) is 11.5 Å². The van der Waals surface area contributed by atoms with Gasteiger partial charge in [-0.3, -0.25) is 24.1 Å². The lowest BCUT2D eigenvalue weighted by molar-refractivity contribution is -0.143. The number of amides is 2. The third kappa shape index (κ3) is 5.49. The zero-order valence-corrected chi connectivity index (χ0v) is 18.8. The first-order valence-electron chi connectivity index (χ1n) is 10.6. The van der Waals surface area contributed by atoms with Crippen molar-refractivity contribution in [3.63, 3.8) is 0 Å². The van der Waals surface area contributed by atoms with Crippen LogP contribution in [0.4, 0.5) is 11.4 Å². The molecule has 1 aliphatic heterocycles. The van der Waals surface area contributed by atoms with Crippen LogP contribution in [0.25, 0.3) is 0 Å². The van der Waals surface area contributed by atoms with Gasteiger partial charge in [-0.05, 0) is 44.2 Å². The Hall–Kier alpha value is -3.88. The van der Waals surface area contributed by atoms with Gasteiger partial charge in [0.15, 0.2) is 12.4 Å². The molecule has 1 heterocycles. The molecule has 1 aliphatic rings. The Labute approximate surface area is 191 Å². The highest BCUT2D eigenvalue weighted by molar-refractivity contribution is 6.08. The molecule has 9 nitrogen and oxygen atoms in total. The number of carbonyl (C=O) groups is 4. The maximum absolute atomic E-state index is 13.0. The summed E-state index contributed by atoms with van der Waals surface area (Å²) in [4.78, 5) is 51.1. The minimum atomic E-state index is -0.894. The maximum Gasteiger partial charge on any atom is 0.306 e. The van der Waals surface area contributed by atoms with E-state index >= 15 is 0 Å². The molecule has 1 N–H and O–H groups in total. The Balaban J connectivity index is 1.81. The smallest absolute Gasteiger partial charge is 0.306 e. The lowest BCUT2D eigenvalue weighted by atomic mass is 10.0. The van der Waals surface area contributed by atoms with E-state index in [2.05, 4.69) is 5.32 Å². The zero-order valence-electron chi connectivity index (χ0n) is 18.8. The molecule has 2 amide bonds. The second-order valence-electron chi connectivity index (χ2n) is 7.33. The van der Waals surface area contributed by atoms with E-state index in [4.69, 9.17) is 14.2 Å². The van der Waals surface area contributed by atoms with Crippen LogP contribution in [0.5, 0.6) is 11.5 Å². The highest BCUT2D eigenvalue weighted by atomic mass is 16.5. The number of esters is 1. The van der Waals surface area contributed by atoms with Crippen LogP contribution in [0.15, 0.2) is 42.5 Å². The average Bonchev–Trinajstić information content (AvgIpc) is 2.82. The molecule has 33 heavy (non-hydrogen) atoms. The van der Waals surface area contributed by atoms with Gasteiger partial charge in [0, 0.05) is 12.0 Å². The molecule has 174 valence electrons. The molecule has 0 bridgehead atoms. The molecule has 2 aromatic carbocycles. The number of benzene rings is 2. The number of anilines is 2. The van der Waals surface area contributed by atoms with E-state index < -0.39 is 23.8 Å². The minimum Gasteiger partial charge on any atom is -0.495 e. The summed E-state index contributed by atoms with van der Waals surface area (Å²) < 4.78 is 15.6. The van der Waals surface area contributed by atoms with Crippen LogP contribution in [0.3, 0.4) is 0 Å². The summed E-state index contributed by atoms with van der Waals surface area (Å²) in [6.07, 6.45) is -0.0725. The number of nitrogens with one attached hydrogen (secondary N) is 1. The molecule has 0 aliphatic carbocycles. The largest absolute Gasteiger partial charge is 0.495 e. The van der Waals surface area contributed by atoms with Crippen LogP contribution in [0.1, 0.15) is 37.0 Å². The van der Waals surface area contributed by atoms with Crippen molar-refractivity contribution in [2.24, 2.45) is 0 Å². The number of rotatable bonds is 9. The highest BCUT2D eigenvalue weighted by Crippen LogP contribution is 2.35. The second kappa shape index (κ2) is 10.6. The Bertz CT molecular complexity index is 1070. The molecule has 0 spiro atoms. The van der Waals surface area contributed by atoms with Gasteiger partial charge >= 0.3 is 5.97 Å². The minimum absolute atomic E-state index is 0.0315. The van der Waals surface area contributed by atoms with Crippen LogP contribution in [-0.4, -0.2) is 49.9 Å². The summed E-state index contributed by atoms with van der Waals surface area (Å²) in [7, 11) is 1.50. The fourth-order valence-corrected chi connectivity index (χ4v) is 3.46. The number of hydrogen-bond donors (Lipinski definition) is 1. The summed E-state index contributed by atoms with van der Waals surface area (Å²) >= 11 is 0. The van der Waals surface area contributed by atoms with Gasteiger partial charge < -0.3 is 19.5 Å². The summed E-state index contributed by atoms with van der Waals surface area (Å²) in [6, 6.07) is 10.7. The van der Waals surface area contributed by atoms with Gasteiger partial charge in [-0.1, -0.05) is 12.1 Å². The van der Waals surface area contributed by atoms with Gasteiger partial charge in [0.25, 0.3) is 5.91 Å². The van der Waals surface area contributed by atoms with Crippen molar-refractivity contribution in [1.29, 1.82) is 0 Å². The molecule has 2 aromatic rings. The van der Waals surface area contributed by atoms with Gasteiger partial charge in [0.05, 0.1) is 31.5 Å². The van der Waals surface area contributed by atoms with Gasteiger partial charge in [-0.2, -0.15) is 0 Å². The predicted octanol–water partition coefficient (Wildman–Crippen LogP) is 2.97. The third-order valence-corrected chi connectivity index (χ3v) is 5.15. The maximum atomic E-state index is 13.0. The molecule has 1 unspecified atom stereocenters. The van der Waals surface area contributed by atoms with Crippen molar-refractivity contribution in [2.75, 3.05) is 30.5 Å². The summed E-state index contributed by atoms with van der Waals surface area (Å²) in [5, 5.41) is 2.78. The van der Waals surface area contributed by atoms with Crippen molar-refractivity contribution in [3.05, 3.63) is 48.0 Å². The molecular formula is C24H26N2O7. The molecule has 0 fully saturated rings. The number of fused-ring (bicyclic) bond motifs is 1. The van der Waals surface area contributed by atoms with E-state index in [1.807, 2.05) is 0 Å². The molecular weight excluding hydrogens is 428 g/mol. The quantitative estimate of drug-likeness (QED) is 0.458. The van der Waals surface area contributed by atoms with Crippen LogP contribution < -0.4 is 19.7 Å². The first-order valence-corrected chi connectivity index (χ1v) is 10.6. The first kappa shape index (κ1) is 23.8. The summed E-state index contributed by atoms with van der Waals surface area (Å²) in [6.45, 7) is 3.30. The van der Waals surface area contributed by atoms with E-state index in [1.54, 1.807) is 50.2 Å². The number of methoxy groups -OCH3 is 1. The number of para-hydroxylation sites is 2. The fraction of sp³-hybridized carbons (Fsp3) is 0.333. The van der Waals surface area contributed by atoms with Gasteiger partial charge in [-0.15, -0.1) is 0 Å². The number of ether oxygens (including phenoxy) is 3. The number of carbonyl (C=O) groups excluding carboxylic acids is 4. The van der Waals surface area contributed by atoms with Crippen LogP contribution in [0, 0.1) is 0 Å². The lowest BCUT2D eigenvalue weighted by Gasteiger charge is -2.33. The topological polar surface area (TPSA) is 111 Å². The van der Waals surface area contributed by atoms with Gasteiger partial charge in [0.1, 0.15) is 17.5 Å². The molecule has 3 rings (SSSR count). The SMILES string of the molecule is CCOC(=O)CCC(=O)c1ccc2c(c1)N(C(C)C(=O)Nc1ccccc1OC)C(=O)CO2. The predicted molar refractivity (Wildman–Crippen MR) is 121 cm³/mol. The van der Waals surface area contributed by atoms with Crippen molar-refractivity contribution >= 4 is 34.9 Å². The Morgan fingerprint density at radius 2 is 1.91 bits per heavy atom. The number of ketones is 1. The number of nitrogens with zero attached hydrogens (tertiary/aromatic N) is 1. The zero-order chi connectivity index (χ0) is 24.0. The van der Waals surface area contributed by atoms with Crippen molar-refractivity contribution in [1.82, 2.24) is 0 Å². The van der Waals surface area contributed by atoms with Gasteiger partial charge in [0.2, 0.25) is 5.91 Å². The van der Waals surface area contributed by atoms with E-state index in [9.17, 15) is 19.2 Å². The molecule has 0 aromatic heterocycles. The van der Waals surface area contributed by atoms with Gasteiger partial charge in [-0.25, -0.2) is 0 Å². The summed E-state index contributed by atoms with van der Waals surface area (Å²) in [5.74, 6) is -0.712. The van der Waals surface area contributed by atoms with Crippen LogP contribution in [-0.2, 0) is 19.1 Å². The van der Waals surface area contributed by atoms with E-state index in [1.165, 1.54) is 18.1 Å². The Morgan fingerprint density at radius 3 is 2.64 bits per heavy atom. The molecule has 0 saturated heterocycles. The van der Waals surface area contributed by atoms with E-state index in [0.29, 0.717) is 28.4 Å².